The van der Waals surface area contributed by atoms with Crippen molar-refractivity contribution < 1.29 is 14.4 Å². The number of likely N-dealkylation sites (tertiary alicyclic amines) is 1. The molecule has 0 aliphatic carbocycles. The van der Waals surface area contributed by atoms with Gasteiger partial charge in [0.1, 0.15) is 5.82 Å². The van der Waals surface area contributed by atoms with Crippen molar-refractivity contribution in [3.8, 4) is 0 Å². The van der Waals surface area contributed by atoms with Crippen LogP contribution in [0.1, 0.15) is 87.6 Å². The number of benzene rings is 1. The number of carbonyl (C=O) groups excluding carboxylic acids is 3. The first kappa shape index (κ1) is 27.1. The first-order valence-corrected chi connectivity index (χ1v) is 14.2. The second kappa shape index (κ2) is 11.3. The van der Waals surface area contributed by atoms with Gasteiger partial charge in [-0.05, 0) is 101 Å². The Morgan fingerprint density at radius 2 is 1.62 bits per heavy atom. The summed E-state index contributed by atoms with van der Waals surface area (Å²) >= 11 is 0. The molecule has 3 aliphatic heterocycles. The number of anilines is 1. The van der Waals surface area contributed by atoms with Crippen LogP contribution in [-0.4, -0.2) is 71.4 Å². The Kier molecular flexibility index (Phi) is 7.88. The Morgan fingerprint density at radius 1 is 0.949 bits per heavy atom. The van der Waals surface area contributed by atoms with Gasteiger partial charge in [-0.1, -0.05) is 6.92 Å². The number of hydrogen-bond donors (Lipinski definition) is 3. The van der Waals surface area contributed by atoms with Crippen LogP contribution in [0, 0.1) is 13.8 Å². The van der Waals surface area contributed by atoms with Gasteiger partial charge in [0, 0.05) is 48.0 Å². The Labute approximate surface area is 230 Å². The second-order valence-corrected chi connectivity index (χ2v) is 11.4. The number of likely N-dealkylation sites (N-methyl/N-ethyl adjacent to an activating group) is 1. The van der Waals surface area contributed by atoms with Crippen molar-refractivity contribution in [1.29, 1.82) is 0 Å². The largest absolute Gasteiger partial charge is 0.366 e. The van der Waals surface area contributed by atoms with Crippen LogP contribution in [0.5, 0.6) is 0 Å². The van der Waals surface area contributed by atoms with Crippen LogP contribution < -0.4 is 21.3 Å². The van der Waals surface area contributed by atoms with Crippen molar-refractivity contribution in [2.24, 2.45) is 5.73 Å². The minimum absolute atomic E-state index is 0.0595. The Hall–Kier alpha value is -3.46. The van der Waals surface area contributed by atoms with E-state index in [0.29, 0.717) is 34.3 Å². The first-order chi connectivity index (χ1) is 18.7. The summed E-state index contributed by atoms with van der Waals surface area (Å²) in [6.45, 7) is 8.80. The van der Waals surface area contributed by atoms with Crippen molar-refractivity contribution in [1.82, 2.24) is 20.5 Å². The molecule has 1 aromatic carbocycles. The first-order valence-electron chi connectivity index (χ1n) is 14.2. The van der Waals surface area contributed by atoms with E-state index in [1.54, 1.807) is 25.3 Å². The number of primary amides is 1. The minimum atomic E-state index is -0.485. The molecule has 9 nitrogen and oxygen atoms in total. The number of aryl methyl sites for hydroxylation is 2. The zero-order valence-corrected chi connectivity index (χ0v) is 23.2. The summed E-state index contributed by atoms with van der Waals surface area (Å²) in [6, 6.07) is 8.15. The summed E-state index contributed by atoms with van der Waals surface area (Å²) in [6.07, 6.45) is 7.62. The van der Waals surface area contributed by atoms with Crippen LogP contribution in [-0.2, 0) is 0 Å². The predicted octanol–water partition coefficient (Wildman–Crippen LogP) is 2.94. The normalized spacial score (nSPS) is 24.8. The molecular formula is C30H40N6O3. The maximum Gasteiger partial charge on any atom is 0.253 e. The zero-order valence-electron chi connectivity index (χ0n) is 23.2. The van der Waals surface area contributed by atoms with Gasteiger partial charge in [0.25, 0.3) is 11.8 Å². The molecule has 0 spiro atoms. The zero-order chi connectivity index (χ0) is 27.7. The van der Waals surface area contributed by atoms with E-state index in [1.807, 2.05) is 19.1 Å². The van der Waals surface area contributed by atoms with Gasteiger partial charge in [0.15, 0.2) is 0 Å². The van der Waals surface area contributed by atoms with Crippen molar-refractivity contribution in [2.45, 2.75) is 83.5 Å². The summed E-state index contributed by atoms with van der Waals surface area (Å²) in [5.74, 6) is 0.238. The molecule has 0 radical (unpaired) electrons. The topological polar surface area (TPSA) is 121 Å². The smallest absolute Gasteiger partial charge is 0.253 e. The van der Waals surface area contributed by atoms with Gasteiger partial charge in [-0.25, -0.2) is 4.98 Å². The molecule has 1 aromatic heterocycles. The molecule has 208 valence electrons. The molecule has 4 heterocycles. The number of fused-ring (bicyclic) bond motifs is 2. The van der Waals surface area contributed by atoms with E-state index in [9.17, 15) is 14.4 Å². The number of rotatable bonds is 7. The molecule has 9 heteroatoms. The SMILES string of the molecule is CCN1CCC[C@@H](NC(=O)c2ccc(N3C4CCC3CC(NC(=O)c3cc(C)c(C(N)=O)cc3C)C4)nc2)C1. The van der Waals surface area contributed by atoms with Gasteiger partial charge >= 0.3 is 0 Å². The summed E-state index contributed by atoms with van der Waals surface area (Å²) in [7, 11) is 0. The fourth-order valence-electron chi connectivity index (χ4n) is 6.66. The molecule has 3 saturated heterocycles. The van der Waals surface area contributed by atoms with Crippen LogP contribution in [0.3, 0.4) is 0 Å². The van der Waals surface area contributed by atoms with Gasteiger partial charge in [-0.3, -0.25) is 14.4 Å². The van der Waals surface area contributed by atoms with Gasteiger partial charge in [0.05, 0.1) is 5.56 Å². The van der Waals surface area contributed by atoms with Crippen LogP contribution in [0.15, 0.2) is 30.5 Å². The highest BCUT2D eigenvalue weighted by Gasteiger charge is 2.42. The third-order valence-corrected chi connectivity index (χ3v) is 8.71. The molecule has 3 aliphatic rings. The molecule has 4 N–H and O–H groups in total. The lowest BCUT2D eigenvalue weighted by atomic mass is 9.95. The number of nitrogens with two attached hydrogens (primary N) is 1. The van der Waals surface area contributed by atoms with E-state index in [4.69, 9.17) is 10.7 Å². The number of carbonyl (C=O) groups is 3. The number of hydrogen-bond acceptors (Lipinski definition) is 6. The van der Waals surface area contributed by atoms with E-state index < -0.39 is 5.91 Å². The molecule has 2 bridgehead atoms. The van der Waals surface area contributed by atoms with Crippen LogP contribution in [0.4, 0.5) is 5.82 Å². The van der Waals surface area contributed by atoms with E-state index >= 15 is 0 Å². The highest BCUT2D eigenvalue weighted by Crippen LogP contribution is 2.38. The Balaban J connectivity index is 1.20. The van der Waals surface area contributed by atoms with E-state index in [-0.39, 0.29) is 23.9 Å². The van der Waals surface area contributed by atoms with Crippen LogP contribution >= 0.6 is 0 Å². The lowest BCUT2D eigenvalue weighted by Crippen LogP contribution is -2.51. The predicted molar refractivity (Wildman–Crippen MR) is 151 cm³/mol. The molecule has 3 fully saturated rings. The number of nitrogens with one attached hydrogen (secondary N) is 2. The summed E-state index contributed by atoms with van der Waals surface area (Å²) in [4.78, 5) is 47.1. The number of aromatic nitrogens is 1. The van der Waals surface area contributed by atoms with E-state index in [2.05, 4.69) is 27.4 Å². The Bertz CT molecular complexity index is 1230. The van der Waals surface area contributed by atoms with Crippen molar-refractivity contribution >= 4 is 23.5 Å². The molecule has 2 aromatic rings. The molecule has 3 atom stereocenters. The maximum absolute atomic E-state index is 13.1. The lowest BCUT2D eigenvalue weighted by Gasteiger charge is -2.40. The van der Waals surface area contributed by atoms with Crippen molar-refractivity contribution in [3.63, 3.8) is 0 Å². The van der Waals surface area contributed by atoms with E-state index in [1.165, 1.54) is 0 Å². The quantitative estimate of drug-likeness (QED) is 0.504. The fraction of sp³-hybridized carbons (Fsp3) is 0.533. The fourth-order valence-corrected chi connectivity index (χ4v) is 6.66. The van der Waals surface area contributed by atoms with Gasteiger partial charge in [0.2, 0.25) is 5.91 Å². The second-order valence-electron chi connectivity index (χ2n) is 11.4. The van der Waals surface area contributed by atoms with E-state index in [0.717, 1.165) is 69.5 Å². The number of amides is 3. The number of piperidine rings is 2. The Morgan fingerprint density at radius 3 is 2.26 bits per heavy atom. The van der Waals surface area contributed by atoms with Crippen molar-refractivity contribution in [3.05, 3.63) is 58.3 Å². The summed E-state index contributed by atoms with van der Waals surface area (Å²) in [5, 5.41) is 6.42. The lowest BCUT2D eigenvalue weighted by molar-refractivity contribution is 0.0902. The monoisotopic (exact) mass is 532 g/mol. The molecule has 39 heavy (non-hydrogen) atoms. The minimum Gasteiger partial charge on any atom is -0.366 e. The highest BCUT2D eigenvalue weighted by atomic mass is 16.2. The van der Waals surface area contributed by atoms with Crippen molar-refractivity contribution in [2.75, 3.05) is 24.5 Å². The standard InChI is InChI=1S/C30H40N6O3/c1-4-35-11-5-6-21(17-35)33-29(38)20-7-10-27(32-16-20)36-23-8-9-24(36)15-22(14-23)34-30(39)26-13-18(2)25(28(31)37)12-19(26)3/h7,10,12-13,16,21-24H,4-6,8-9,11,14-15,17H2,1-3H3,(H2,31,37)(H,33,38)(H,34,39)/t21-,22?,23?,24?/m1/s1. The van der Waals surface area contributed by atoms with Crippen LogP contribution in [0.2, 0.25) is 0 Å². The average molecular weight is 533 g/mol. The van der Waals surface area contributed by atoms with Gasteiger partial charge in [-0.2, -0.15) is 0 Å². The maximum atomic E-state index is 13.1. The molecule has 2 unspecified atom stereocenters. The molecule has 0 saturated carbocycles. The van der Waals surface area contributed by atoms with Crippen LogP contribution in [0.25, 0.3) is 0 Å². The number of nitrogens with zero attached hydrogens (tertiary/aromatic N) is 3. The third-order valence-electron chi connectivity index (χ3n) is 8.71. The number of pyridine rings is 1. The molecular weight excluding hydrogens is 492 g/mol. The average Bonchev–Trinajstić information content (AvgIpc) is 3.19. The molecule has 3 amide bonds. The third kappa shape index (κ3) is 5.78. The van der Waals surface area contributed by atoms with Gasteiger partial charge < -0.3 is 26.2 Å². The summed E-state index contributed by atoms with van der Waals surface area (Å²) < 4.78 is 0. The molecule has 5 rings (SSSR count). The highest BCUT2D eigenvalue weighted by molar-refractivity contribution is 5.99. The summed E-state index contributed by atoms with van der Waals surface area (Å²) in [5.41, 5.74) is 8.53. The van der Waals surface area contributed by atoms with Gasteiger partial charge in [-0.15, -0.1) is 0 Å².